The van der Waals surface area contributed by atoms with Crippen LogP contribution in [0.3, 0.4) is 0 Å². The van der Waals surface area contributed by atoms with Crippen molar-refractivity contribution in [2.75, 3.05) is 32.8 Å². The number of piperidine rings is 2. The van der Waals surface area contributed by atoms with Gasteiger partial charge in [-0.3, -0.25) is 14.5 Å². The zero-order valence-corrected chi connectivity index (χ0v) is 18.5. The van der Waals surface area contributed by atoms with Gasteiger partial charge in [-0.25, -0.2) is 4.79 Å². The quantitative estimate of drug-likeness (QED) is 0.685. The summed E-state index contributed by atoms with van der Waals surface area (Å²) in [6.07, 6.45) is 2.90. The van der Waals surface area contributed by atoms with Crippen molar-refractivity contribution >= 4 is 34.8 Å². The van der Waals surface area contributed by atoms with Gasteiger partial charge in [-0.1, -0.05) is 13.0 Å². The minimum absolute atomic E-state index is 0.174. The molecule has 3 aliphatic rings. The fraction of sp³-hybridized carbons (Fsp3) is 0.591. The van der Waals surface area contributed by atoms with Crippen LogP contribution >= 0.6 is 11.3 Å². The first-order valence-electron chi connectivity index (χ1n) is 10.8. The van der Waals surface area contributed by atoms with Crippen molar-refractivity contribution in [2.45, 2.75) is 45.6 Å². The van der Waals surface area contributed by atoms with E-state index in [4.69, 9.17) is 4.74 Å². The van der Waals surface area contributed by atoms with Gasteiger partial charge < -0.3 is 14.5 Å². The van der Waals surface area contributed by atoms with E-state index in [1.165, 1.54) is 16.2 Å². The molecule has 4 heterocycles. The molecular formula is C22H29N3O4S. The monoisotopic (exact) mass is 431 g/mol. The maximum atomic E-state index is 13.5. The second-order valence-electron chi connectivity index (χ2n) is 8.27. The highest BCUT2D eigenvalue weighted by molar-refractivity contribution is 7.11. The Morgan fingerprint density at radius 3 is 2.40 bits per heavy atom. The minimum atomic E-state index is -0.324. The standard InChI is InChI=1S/C22H29N3O4S/c1-3-29-22(28)24-12-8-16(9-13-24)25-20(26)18(17-5-4-14-30-17)19(21(25)27)23-10-6-15(2)7-11-23/h4-5,14-16H,3,6-13H2,1-2H3. The number of amides is 3. The Hall–Kier alpha value is -2.35. The molecule has 1 aromatic rings. The number of likely N-dealkylation sites (tertiary alicyclic amines) is 2. The normalized spacial score (nSPS) is 21.7. The lowest BCUT2D eigenvalue weighted by Crippen LogP contribution is -2.50. The smallest absolute Gasteiger partial charge is 0.409 e. The van der Waals surface area contributed by atoms with E-state index in [1.54, 1.807) is 11.8 Å². The van der Waals surface area contributed by atoms with E-state index in [9.17, 15) is 14.4 Å². The van der Waals surface area contributed by atoms with Crippen LogP contribution in [0.15, 0.2) is 23.2 Å². The van der Waals surface area contributed by atoms with Crippen molar-refractivity contribution in [3.05, 3.63) is 28.1 Å². The average Bonchev–Trinajstić information content (AvgIpc) is 3.35. The van der Waals surface area contributed by atoms with Crippen LogP contribution in [-0.4, -0.2) is 71.4 Å². The molecule has 0 unspecified atom stereocenters. The zero-order valence-electron chi connectivity index (χ0n) is 17.6. The van der Waals surface area contributed by atoms with E-state index < -0.39 is 0 Å². The second-order valence-corrected chi connectivity index (χ2v) is 9.22. The maximum Gasteiger partial charge on any atom is 0.409 e. The average molecular weight is 432 g/mol. The summed E-state index contributed by atoms with van der Waals surface area (Å²) in [7, 11) is 0. The highest BCUT2D eigenvalue weighted by atomic mass is 32.1. The molecule has 2 saturated heterocycles. The maximum absolute atomic E-state index is 13.5. The van der Waals surface area contributed by atoms with E-state index in [0.717, 1.165) is 30.8 Å². The molecule has 3 aliphatic heterocycles. The van der Waals surface area contributed by atoms with Gasteiger partial charge in [0.25, 0.3) is 11.8 Å². The summed E-state index contributed by atoms with van der Waals surface area (Å²) < 4.78 is 5.08. The van der Waals surface area contributed by atoms with Gasteiger partial charge in [-0.2, -0.15) is 0 Å². The zero-order chi connectivity index (χ0) is 21.3. The third-order valence-corrected chi connectivity index (χ3v) is 7.20. The highest BCUT2D eigenvalue weighted by Gasteiger charge is 2.46. The molecule has 0 saturated carbocycles. The van der Waals surface area contributed by atoms with E-state index in [2.05, 4.69) is 11.8 Å². The molecular weight excluding hydrogens is 402 g/mol. The fourth-order valence-electron chi connectivity index (χ4n) is 4.56. The first-order chi connectivity index (χ1) is 14.5. The van der Waals surface area contributed by atoms with Crippen LogP contribution in [0.2, 0.25) is 0 Å². The SMILES string of the molecule is CCOC(=O)N1CCC(N2C(=O)C(c3cccs3)=C(N3CCC(C)CC3)C2=O)CC1. The summed E-state index contributed by atoms with van der Waals surface area (Å²) in [5.41, 5.74) is 1.12. The Balaban J connectivity index is 1.55. The van der Waals surface area contributed by atoms with Crippen LogP contribution in [0.25, 0.3) is 5.57 Å². The molecule has 4 rings (SSSR count). The van der Waals surface area contributed by atoms with Gasteiger partial charge in [0, 0.05) is 37.1 Å². The van der Waals surface area contributed by atoms with Gasteiger partial charge in [-0.15, -0.1) is 11.3 Å². The van der Waals surface area contributed by atoms with Gasteiger partial charge in [-0.05, 0) is 50.0 Å². The van der Waals surface area contributed by atoms with Crippen LogP contribution in [-0.2, 0) is 14.3 Å². The third kappa shape index (κ3) is 3.85. The van der Waals surface area contributed by atoms with Gasteiger partial charge in [0.1, 0.15) is 5.70 Å². The third-order valence-electron chi connectivity index (χ3n) is 6.31. The van der Waals surface area contributed by atoms with Crippen molar-refractivity contribution in [3.63, 3.8) is 0 Å². The van der Waals surface area contributed by atoms with Crippen LogP contribution in [0, 0.1) is 5.92 Å². The number of nitrogens with zero attached hydrogens (tertiary/aromatic N) is 3. The largest absolute Gasteiger partial charge is 0.450 e. The molecule has 0 aromatic carbocycles. The van der Waals surface area contributed by atoms with E-state index in [0.29, 0.717) is 49.7 Å². The van der Waals surface area contributed by atoms with Crippen LogP contribution in [0.1, 0.15) is 44.4 Å². The Morgan fingerprint density at radius 2 is 1.80 bits per heavy atom. The molecule has 1 aromatic heterocycles. The van der Waals surface area contributed by atoms with E-state index in [-0.39, 0.29) is 23.9 Å². The topological polar surface area (TPSA) is 70.2 Å². The lowest BCUT2D eigenvalue weighted by atomic mass is 9.98. The number of thiophene rings is 1. The van der Waals surface area contributed by atoms with Crippen LogP contribution in [0.5, 0.6) is 0 Å². The highest BCUT2D eigenvalue weighted by Crippen LogP contribution is 2.37. The summed E-state index contributed by atoms with van der Waals surface area (Å²) >= 11 is 1.50. The molecule has 7 nitrogen and oxygen atoms in total. The Kier molecular flexibility index (Phi) is 6.13. The van der Waals surface area contributed by atoms with Gasteiger partial charge in [0.2, 0.25) is 0 Å². The molecule has 0 aliphatic carbocycles. The lowest BCUT2D eigenvalue weighted by molar-refractivity contribution is -0.141. The van der Waals surface area contributed by atoms with Crippen molar-refractivity contribution in [1.29, 1.82) is 0 Å². The molecule has 0 radical (unpaired) electrons. The predicted octanol–water partition coefficient (Wildman–Crippen LogP) is 3.18. The number of hydrogen-bond acceptors (Lipinski definition) is 6. The first-order valence-corrected chi connectivity index (χ1v) is 11.7. The molecule has 0 atom stereocenters. The summed E-state index contributed by atoms with van der Waals surface area (Å²) in [5, 5.41) is 1.94. The molecule has 8 heteroatoms. The molecule has 0 bridgehead atoms. The summed E-state index contributed by atoms with van der Waals surface area (Å²) in [6, 6.07) is 3.65. The molecule has 2 fully saturated rings. The van der Waals surface area contributed by atoms with Gasteiger partial charge >= 0.3 is 6.09 Å². The fourth-order valence-corrected chi connectivity index (χ4v) is 5.32. The number of carbonyl (C=O) groups excluding carboxylic acids is 3. The van der Waals surface area contributed by atoms with Crippen molar-refractivity contribution in [1.82, 2.24) is 14.7 Å². The lowest BCUT2D eigenvalue weighted by Gasteiger charge is -2.36. The molecule has 162 valence electrons. The van der Waals surface area contributed by atoms with Crippen molar-refractivity contribution in [3.8, 4) is 0 Å². The van der Waals surface area contributed by atoms with Crippen molar-refractivity contribution < 1.29 is 19.1 Å². The van der Waals surface area contributed by atoms with E-state index in [1.807, 2.05) is 17.5 Å². The summed E-state index contributed by atoms with van der Waals surface area (Å²) in [4.78, 5) is 45.1. The molecule has 0 spiro atoms. The number of imide groups is 1. The van der Waals surface area contributed by atoms with Crippen LogP contribution in [0.4, 0.5) is 4.79 Å². The number of ether oxygens (including phenoxy) is 1. The predicted molar refractivity (Wildman–Crippen MR) is 115 cm³/mol. The van der Waals surface area contributed by atoms with Gasteiger partial charge in [0.05, 0.1) is 12.2 Å². The number of rotatable bonds is 4. The Labute approximate surface area is 181 Å². The van der Waals surface area contributed by atoms with E-state index >= 15 is 0 Å². The molecule has 3 amide bonds. The Morgan fingerprint density at radius 1 is 1.10 bits per heavy atom. The Bertz CT molecular complexity index is 835. The second kappa shape index (κ2) is 8.79. The number of hydrogen-bond donors (Lipinski definition) is 0. The van der Waals surface area contributed by atoms with Crippen LogP contribution < -0.4 is 0 Å². The molecule has 30 heavy (non-hydrogen) atoms. The van der Waals surface area contributed by atoms with Gasteiger partial charge in [0.15, 0.2) is 0 Å². The number of carbonyl (C=O) groups is 3. The van der Waals surface area contributed by atoms with Crippen molar-refractivity contribution in [2.24, 2.45) is 5.92 Å². The summed E-state index contributed by atoms with van der Waals surface area (Å²) in [6.45, 7) is 6.95. The molecule has 0 N–H and O–H groups in total. The summed E-state index contributed by atoms with van der Waals surface area (Å²) in [5.74, 6) is 0.278. The first kappa shape index (κ1) is 20.9. The minimum Gasteiger partial charge on any atom is -0.450 e.